The first-order valence-corrected chi connectivity index (χ1v) is 10.3. The average molecular weight is 398 g/mol. The highest BCUT2D eigenvalue weighted by atomic mass is 32.2. The lowest BCUT2D eigenvalue weighted by atomic mass is 10.2. The van der Waals surface area contributed by atoms with E-state index in [1.165, 1.54) is 51.4 Å². The van der Waals surface area contributed by atoms with Crippen LogP contribution in [0.25, 0.3) is 0 Å². The van der Waals surface area contributed by atoms with Gasteiger partial charge in [0.1, 0.15) is 5.75 Å². The molecule has 0 bridgehead atoms. The molecule has 2 rings (SSSR count). The molecule has 0 saturated heterocycles. The van der Waals surface area contributed by atoms with Gasteiger partial charge in [-0.3, -0.25) is 9.52 Å². The summed E-state index contributed by atoms with van der Waals surface area (Å²) >= 11 is 0. The third kappa shape index (κ3) is 4.03. The molecule has 0 saturated carbocycles. The molecule has 0 fully saturated rings. The Balaban J connectivity index is 2.42. The molecule has 0 aliphatic carbocycles. The molecule has 0 aromatic heterocycles. The Labute approximate surface area is 152 Å². The van der Waals surface area contributed by atoms with Crippen molar-refractivity contribution in [1.29, 1.82) is 0 Å². The van der Waals surface area contributed by atoms with E-state index in [2.05, 4.69) is 4.72 Å². The molecule has 0 aliphatic heterocycles. The molecule has 0 radical (unpaired) electrons. The molecule has 8 nitrogen and oxygen atoms in total. The van der Waals surface area contributed by atoms with Crippen molar-refractivity contribution >= 4 is 31.5 Å². The van der Waals surface area contributed by atoms with Crippen LogP contribution in [-0.2, 0) is 20.0 Å². The lowest BCUT2D eigenvalue weighted by Gasteiger charge is -2.14. The van der Waals surface area contributed by atoms with Crippen LogP contribution in [0, 0.1) is 0 Å². The minimum Gasteiger partial charge on any atom is -0.506 e. The van der Waals surface area contributed by atoms with Gasteiger partial charge < -0.3 is 5.11 Å². The van der Waals surface area contributed by atoms with Crippen molar-refractivity contribution in [2.24, 2.45) is 0 Å². The largest absolute Gasteiger partial charge is 0.506 e. The van der Waals surface area contributed by atoms with Gasteiger partial charge in [0.05, 0.1) is 15.5 Å². The normalized spacial score (nSPS) is 12.2. The molecular weight excluding hydrogens is 380 g/mol. The topological polar surface area (TPSA) is 121 Å². The second kappa shape index (κ2) is 7.06. The number of nitrogens with zero attached hydrogens (tertiary/aromatic N) is 1. The second-order valence-electron chi connectivity index (χ2n) is 5.65. The molecule has 0 unspecified atom stereocenters. The third-order valence-corrected chi connectivity index (χ3v) is 6.75. The van der Waals surface area contributed by atoms with Crippen LogP contribution < -0.4 is 4.72 Å². The van der Waals surface area contributed by atoms with Gasteiger partial charge in [0.15, 0.2) is 5.78 Å². The van der Waals surface area contributed by atoms with Gasteiger partial charge in [-0.05, 0) is 37.3 Å². The Morgan fingerprint density at radius 1 is 0.962 bits per heavy atom. The average Bonchev–Trinajstić information content (AvgIpc) is 2.56. The van der Waals surface area contributed by atoms with Crippen LogP contribution in [0.3, 0.4) is 0 Å². The van der Waals surface area contributed by atoms with Gasteiger partial charge in [-0.25, -0.2) is 21.1 Å². The lowest BCUT2D eigenvalue weighted by molar-refractivity contribution is 0.101. The zero-order valence-corrected chi connectivity index (χ0v) is 15.9. The predicted octanol–water partition coefficient (Wildman–Crippen LogP) is 1.65. The number of carbonyl (C=O) groups is 1. The van der Waals surface area contributed by atoms with Gasteiger partial charge in [-0.15, -0.1) is 0 Å². The molecule has 26 heavy (non-hydrogen) atoms. The van der Waals surface area contributed by atoms with Crippen LogP contribution >= 0.6 is 0 Å². The first-order valence-electron chi connectivity index (χ1n) is 7.34. The number of aromatic hydroxyl groups is 1. The van der Waals surface area contributed by atoms with Gasteiger partial charge in [-0.1, -0.05) is 12.1 Å². The SMILES string of the molecule is CC(=O)c1ccc(S(=O)(=O)Nc2cc(S(=O)(=O)N(C)C)ccc2O)cc1. The summed E-state index contributed by atoms with van der Waals surface area (Å²) in [4.78, 5) is 11.0. The fourth-order valence-electron chi connectivity index (χ4n) is 2.04. The van der Waals surface area contributed by atoms with Crippen molar-refractivity contribution in [3.8, 4) is 5.75 Å². The molecule has 10 heteroatoms. The van der Waals surface area contributed by atoms with E-state index in [0.717, 1.165) is 16.4 Å². The summed E-state index contributed by atoms with van der Waals surface area (Å²) in [5.41, 5.74) is 0.0782. The second-order valence-corrected chi connectivity index (χ2v) is 9.49. The van der Waals surface area contributed by atoms with E-state index in [-0.39, 0.29) is 21.3 Å². The number of carbonyl (C=O) groups excluding carboxylic acids is 1. The molecule has 0 aliphatic rings. The van der Waals surface area contributed by atoms with E-state index in [9.17, 15) is 26.7 Å². The summed E-state index contributed by atoms with van der Waals surface area (Å²) in [5.74, 6) is -0.632. The van der Waals surface area contributed by atoms with Crippen LogP contribution in [0.4, 0.5) is 5.69 Å². The third-order valence-electron chi connectivity index (χ3n) is 3.56. The molecule has 0 amide bonds. The van der Waals surface area contributed by atoms with Crippen molar-refractivity contribution in [3.05, 3.63) is 48.0 Å². The lowest BCUT2D eigenvalue weighted by Crippen LogP contribution is -2.22. The summed E-state index contributed by atoms with van der Waals surface area (Å²) in [6, 6.07) is 8.52. The van der Waals surface area contributed by atoms with Crippen LogP contribution in [0.5, 0.6) is 5.75 Å². The number of hydrogen-bond donors (Lipinski definition) is 2. The van der Waals surface area contributed by atoms with Gasteiger partial charge in [-0.2, -0.15) is 0 Å². The molecule has 0 atom stereocenters. The Kier molecular flexibility index (Phi) is 5.40. The highest BCUT2D eigenvalue weighted by Gasteiger charge is 2.21. The number of phenols is 1. The Morgan fingerprint density at radius 2 is 1.50 bits per heavy atom. The first-order chi connectivity index (χ1) is 11.9. The number of Topliss-reactive ketones (excluding diaryl/α,β-unsaturated/α-hetero) is 1. The zero-order valence-electron chi connectivity index (χ0n) is 14.3. The smallest absolute Gasteiger partial charge is 0.262 e. The standard InChI is InChI=1S/C16H18N2O6S2/c1-11(19)12-4-6-13(7-5-12)25(21,22)17-15-10-14(8-9-16(15)20)26(23,24)18(2)3/h4-10,17,20H,1-3H3. The highest BCUT2D eigenvalue weighted by Crippen LogP contribution is 2.29. The number of phenolic OH excluding ortho intramolecular Hbond substituents is 1. The van der Waals surface area contributed by atoms with Crippen molar-refractivity contribution in [1.82, 2.24) is 4.31 Å². The Morgan fingerprint density at radius 3 is 2.00 bits per heavy atom. The van der Waals surface area contributed by atoms with Crippen LogP contribution in [0.15, 0.2) is 52.3 Å². The summed E-state index contributed by atoms with van der Waals surface area (Å²) in [6.45, 7) is 1.36. The number of benzene rings is 2. The quantitative estimate of drug-likeness (QED) is 0.564. The summed E-state index contributed by atoms with van der Waals surface area (Å²) < 4.78 is 52.4. The summed E-state index contributed by atoms with van der Waals surface area (Å²) in [5, 5.41) is 9.89. The number of rotatable bonds is 6. The summed E-state index contributed by atoms with van der Waals surface area (Å²) in [7, 11) is -5.22. The highest BCUT2D eigenvalue weighted by molar-refractivity contribution is 7.92. The number of nitrogens with one attached hydrogen (secondary N) is 1. The maximum Gasteiger partial charge on any atom is 0.262 e. The fourth-order valence-corrected chi connectivity index (χ4v) is 4.03. The van der Waals surface area contributed by atoms with Crippen molar-refractivity contribution in [3.63, 3.8) is 0 Å². The molecule has 0 spiro atoms. The van der Waals surface area contributed by atoms with Crippen LogP contribution in [0.2, 0.25) is 0 Å². The van der Waals surface area contributed by atoms with E-state index in [0.29, 0.717) is 5.56 Å². The molecule has 2 aromatic rings. The maximum absolute atomic E-state index is 12.5. The van der Waals surface area contributed by atoms with E-state index >= 15 is 0 Å². The maximum atomic E-state index is 12.5. The molecule has 2 N–H and O–H groups in total. The fraction of sp³-hybridized carbons (Fsp3) is 0.188. The molecule has 2 aromatic carbocycles. The monoisotopic (exact) mass is 398 g/mol. The van der Waals surface area contributed by atoms with E-state index in [1.807, 2.05) is 0 Å². The summed E-state index contributed by atoms with van der Waals surface area (Å²) in [6.07, 6.45) is 0. The zero-order chi connectivity index (χ0) is 19.7. The van der Waals surface area contributed by atoms with E-state index in [4.69, 9.17) is 0 Å². The number of sulfonamides is 2. The molecular formula is C16H18N2O6S2. The van der Waals surface area contributed by atoms with E-state index < -0.39 is 25.8 Å². The van der Waals surface area contributed by atoms with Gasteiger partial charge in [0, 0.05) is 19.7 Å². The molecule has 140 valence electrons. The Bertz CT molecular complexity index is 1040. The van der Waals surface area contributed by atoms with Gasteiger partial charge in [0.25, 0.3) is 10.0 Å². The number of anilines is 1. The first kappa shape index (κ1) is 19.9. The van der Waals surface area contributed by atoms with E-state index in [1.54, 1.807) is 0 Å². The van der Waals surface area contributed by atoms with Crippen molar-refractivity contribution < 1.29 is 26.7 Å². The number of hydrogen-bond acceptors (Lipinski definition) is 6. The minimum atomic E-state index is -4.09. The van der Waals surface area contributed by atoms with Crippen LogP contribution in [-0.4, -0.2) is 46.1 Å². The molecule has 0 heterocycles. The van der Waals surface area contributed by atoms with Gasteiger partial charge >= 0.3 is 0 Å². The Hall–Kier alpha value is -2.43. The van der Waals surface area contributed by atoms with Crippen molar-refractivity contribution in [2.75, 3.05) is 18.8 Å². The minimum absolute atomic E-state index is 0.136. The number of ketones is 1. The predicted molar refractivity (Wildman–Crippen MR) is 96.2 cm³/mol. The van der Waals surface area contributed by atoms with Crippen molar-refractivity contribution in [2.45, 2.75) is 16.7 Å². The van der Waals surface area contributed by atoms with Gasteiger partial charge in [0.2, 0.25) is 10.0 Å². The van der Waals surface area contributed by atoms with Crippen LogP contribution in [0.1, 0.15) is 17.3 Å².